The van der Waals surface area contributed by atoms with E-state index < -0.39 is 127 Å². The number of hydrogen-bond acceptors (Lipinski definition) is 21. The Balaban J connectivity index is 2.40. The molecule has 0 spiro atoms. The van der Waals surface area contributed by atoms with Gasteiger partial charge in [-0.3, -0.25) is 0 Å². The number of carbonyl (C=O) groups is 10. The first kappa shape index (κ1) is 47.0. The van der Waals surface area contributed by atoms with E-state index in [1.165, 1.54) is 41.5 Å². The number of hydrogen-bond donors (Lipinski definition) is 1. The minimum atomic E-state index is -2.31. The highest BCUT2D eigenvalue weighted by Crippen LogP contribution is 2.31. The van der Waals surface area contributed by atoms with Crippen molar-refractivity contribution >= 4 is 65.9 Å². The number of allylic oxidation sites excluding steroid dienone is 1. The maximum atomic E-state index is 13.4. The molecular formula is C36H45NO20. The zero-order valence-electron chi connectivity index (χ0n) is 32.4. The zero-order valence-corrected chi connectivity index (χ0v) is 32.4. The van der Waals surface area contributed by atoms with E-state index in [0.717, 1.165) is 13.0 Å². The fourth-order valence-corrected chi connectivity index (χ4v) is 5.03. The molecule has 21 heteroatoms. The van der Waals surface area contributed by atoms with Crippen LogP contribution in [-0.4, -0.2) is 122 Å². The van der Waals surface area contributed by atoms with Gasteiger partial charge in [0.05, 0.1) is 24.0 Å². The maximum Gasteiger partial charge on any atom is 0.422 e. The molecule has 2 aliphatic rings. The molecule has 0 radical (unpaired) electrons. The van der Waals surface area contributed by atoms with Crippen molar-refractivity contribution in [1.82, 2.24) is 0 Å². The number of rotatable bonds is 7. The minimum absolute atomic E-state index is 0.139. The first-order valence-corrected chi connectivity index (χ1v) is 17.4. The molecule has 0 bridgehead atoms. The zero-order chi connectivity index (χ0) is 43.2. The Morgan fingerprint density at radius 3 is 1.51 bits per heavy atom. The summed E-state index contributed by atoms with van der Waals surface area (Å²) < 4.78 is 50.9. The van der Waals surface area contributed by atoms with Gasteiger partial charge in [0, 0.05) is 11.8 Å². The van der Waals surface area contributed by atoms with E-state index in [0.29, 0.717) is 6.21 Å². The number of carbonyl (C=O) groups excluding carboxylic acids is 10. The van der Waals surface area contributed by atoms with E-state index in [-0.39, 0.29) is 30.6 Å². The Morgan fingerprint density at radius 2 is 1.09 bits per heavy atom. The maximum absolute atomic E-state index is 13.4. The van der Waals surface area contributed by atoms with Gasteiger partial charge < -0.3 is 52.8 Å². The summed E-state index contributed by atoms with van der Waals surface area (Å²) in [5.74, 6) is -18.6. The van der Waals surface area contributed by atoms with Crippen molar-refractivity contribution < 1.29 is 95.3 Å². The van der Waals surface area contributed by atoms with Gasteiger partial charge in [-0.1, -0.05) is 13.5 Å². The second-order valence-corrected chi connectivity index (χ2v) is 13.1. The van der Waals surface area contributed by atoms with Crippen LogP contribution in [0.5, 0.6) is 0 Å². The van der Waals surface area contributed by atoms with Crippen LogP contribution < -0.4 is 0 Å². The fraction of sp³-hybridized carbons (Fsp3) is 0.583. The lowest BCUT2D eigenvalue weighted by molar-refractivity contribution is -0.192. The second kappa shape index (κ2) is 20.7. The molecular weight excluding hydrogens is 766 g/mol. The van der Waals surface area contributed by atoms with Crippen molar-refractivity contribution in [2.45, 2.75) is 97.2 Å². The molecule has 1 N–H and O–H groups in total. The first-order chi connectivity index (χ1) is 26.6. The van der Waals surface area contributed by atoms with E-state index in [9.17, 15) is 47.9 Å². The van der Waals surface area contributed by atoms with E-state index in [1.54, 1.807) is 0 Å². The summed E-state index contributed by atoms with van der Waals surface area (Å²) in [7, 11) is 0. The van der Waals surface area contributed by atoms with E-state index >= 15 is 0 Å². The fourth-order valence-electron chi connectivity index (χ4n) is 5.03. The van der Waals surface area contributed by atoms with Crippen LogP contribution in [0.2, 0.25) is 0 Å². The topological polar surface area (TPSA) is 287 Å². The van der Waals surface area contributed by atoms with Crippen LogP contribution in [0.4, 0.5) is 0 Å². The summed E-state index contributed by atoms with van der Waals surface area (Å²) in [5, 5.41) is 8.00. The van der Waals surface area contributed by atoms with Crippen LogP contribution in [0.25, 0.3) is 0 Å². The van der Waals surface area contributed by atoms with Crippen LogP contribution in [0, 0.1) is 17.2 Å². The lowest BCUT2D eigenvalue weighted by Gasteiger charge is -2.37. The molecule has 6 atom stereocenters. The molecule has 0 aromatic heterocycles. The van der Waals surface area contributed by atoms with Gasteiger partial charge in [0.2, 0.25) is 0 Å². The molecule has 0 aromatic rings. The average Bonchev–Trinajstić information content (AvgIpc) is 3.17. The third-order valence-electron chi connectivity index (χ3n) is 9.07. The summed E-state index contributed by atoms with van der Waals surface area (Å²) in [6, 6.07) is 0. The Morgan fingerprint density at radius 1 is 0.684 bits per heavy atom. The SMILES string of the molecule is C=CC(CC)(OC(=O)C(=O)OC(C)(C=N)C1COC(=O)C(=O)O/C(C)=C(/C)C(C)OC(=O)C(=O)OC1)C1COC(=O)C(=O)OC(C)CCC(C)OC(=O)C(=O)OC1. The number of cyclic esters (lactones) is 8. The quantitative estimate of drug-likeness (QED) is 0.121. The van der Waals surface area contributed by atoms with Crippen molar-refractivity contribution in [2.24, 2.45) is 11.8 Å². The molecule has 2 rings (SSSR count). The van der Waals surface area contributed by atoms with Crippen molar-refractivity contribution in [2.75, 3.05) is 26.4 Å². The van der Waals surface area contributed by atoms with Gasteiger partial charge in [0.25, 0.3) is 0 Å². The van der Waals surface area contributed by atoms with Crippen molar-refractivity contribution in [1.29, 1.82) is 5.41 Å². The third kappa shape index (κ3) is 13.0. The monoisotopic (exact) mass is 811 g/mol. The van der Waals surface area contributed by atoms with Gasteiger partial charge in [0.1, 0.15) is 43.9 Å². The minimum Gasteiger partial charge on any atom is -0.457 e. The number of nitrogens with one attached hydrogen (secondary N) is 1. The molecule has 2 aliphatic heterocycles. The summed E-state index contributed by atoms with van der Waals surface area (Å²) in [6.45, 7) is 9.49. The lowest BCUT2D eigenvalue weighted by Crippen LogP contribution is -2.50. The molecule has 0 saturated carbocycles. The van der Waals surface area contributed by atoms with Crippen molar-refractivity contribution in [3.05, 3.63) is 24.0 Å². The molecule has 1 saturated heterocycles. The molecule has 0 amide bonds. The molecule has 57 heavy (non-hydrogen) atoms. The van der Waals surface area contributed by atoms with Crippen LogP contribution in [0.15, 0.2) is 24.0 Å². The van der Waals surface area contributed by atoms with Crippen LogP contribution in [0.3, 0.4) is 0 Å². The Labute approximate surface area is 326 Å². The highest BCUT2D eigenvalue weighted by atomic mass is 16.6. The highest BCUT2D eigenvalue weighted by Gasteiger charge is 2.46. The third-order valence-corrected chi connectivity index (χ3v) is 9.07. The van der Waals surface area contributed by atoms with Crippen LogP contribution >= 0.6 is 0 Å². The standard InChI is InChI=1S/C36H45NO20/c1-9-36(10-2,24-15-50-25(38)29(42)52-18(3)11-12-19(4)53-30(43)26(39)51-16-24)57-34(47)33(46)56-35(8,17-37)23-13-48-27(40)31(44)54-21(6)20(5)22(7)55-32(45)28(41)49-14-23/h9,17-19,21,23-24,37H,1,10-16H2,2-8H3/b22-20-,37-17?. The van der Waals surface area contributed by atoms with E-state index in [4.69, 9.17) is 52.8 Å². The smallest absolute Gasteiger partial charge is 0.422 e. The average molecular weight is 812 g/mol. The molecule has 0 aliphatic carbocycles. The van der Waals surface area contributed by atoms with E-state index in [1.807, 2.05) is 0 Å². The Kier molecular flexibility index (Phi) is 17.1. The molecule has 21 nitrogen and oxygen atoms in total. The van der Waals surface area contributed by atoms with Gasteiger partial charge in [-0.15, -0.1) is 0 Å². The highest BCUT2D eigenvalue weighted by molar-refractivity contribution is 6.31. The molecule has 1 fully saturated rings. The summed E-state index contributed by atoms with van der Waals surface area (Å²) >= 11 is 0. The molecule has 2 heterocycles. The number of esters is 10. The van der Waals surface area contributed by atoms with Gasteiger partial charge in [0.15, 0.2) is 5.60 Å². The first-order valence-electron chi connectivity index (χ1n) is 17.4. The van der Waals surface area contributed by atoms with Crippen LogP contribution in [-0.2, 0) is 95.3 Å². The lowest BCUT2D eigenvalue weighted by atomic mass is 9.85. The molecule has 314 valence electrons. The Hall–Kier alpha value is -6.15. The van der Waals surface area contributed by atoms with Gasteiger partial charge >= 0.3 is 59.7 Å². The Bertz CT molecular complexity index is 1640. The molecule has 0 aromatic carbocycles. The predicted molar refractivity (Wildman–Crippen MR) is 184 cm³/mol. The van der Waals surface area contributed by atoms with Crippen LogP contribution in [0.1, 0.15) is 67.7 Å². The second-order valence-electron chi connectivity index (χ2n) is 13.1. The largest absolute Gasteiger partial charge is 0.457 e. The summed E-state index contributed by atoms with van der Waals surface area (Å²) in [6.07, 6.45) is -1.33. The van der Waals surface area contributed by atoms with Gasteiger partial charge in [-0.25, -0.2) is 47.9 Å². The summed E-state index contributed by atoms with van der Waals surface area (Å²) in [5.41, 5.74) is -4.22. The van der Waals surface area contributed by atoms with Gasteiger partial charge in [-0.05, 0) is 66.9 Å². The van der Waals surface area contributed by atoms with E-state index in [2.05, 4.69) is 6.58 Å². The van der Waals surface area contributed by atoms with Gasteiger partial charge in [-0.2, -0.15) is 0 Å². The number of ether oxygens (including phenoxy) is 10. The normalized spacial score (nSPS) is 27.4. The predicted octanol–water partition coefficient (Wildman–Crippen LogP) is 0.661. The molecule has 6 unspecified atom stereocenters. The van der Waals surface area contributed by atoms with Crippen molar-refractivity contribution in [3.8, 4) is 0 Å². The van der Waals surface area contributed by atoms with Crippen molar-refractivity contribution in [3.63, 3.8) is 0 Å². The summed E-state index contributed by atoms with van der Waals surface area (Å²) in [4.78, 5) is 126.